The van der Waals surface area contributed by atoms with Crippen molar-refractivity contribution >= 4 is 23.0 Å². The minimum absolute atomic E-state index is 0.722. The maximum atomic E-state index is 6.01. The number of benzene rings is 2. The van der Waals surface area contributed by atoms with E-state index in [0.717, 1.165) is 22.1 Å². The summed E-state index contributed by atoms with van der Waals surface area (Å²) in [7, 11) is 0. The topological polar surface area (TPSA) is 12.5 Å². The van der Waals surface area contributed by atoms with Gasteiger partial charge in [0.15, 0.2) is 5.75 Å². The molecular formula is C14H10ClNO. The zero-order chi connectivity index (χ0) is 11.7. The number of halogens is 1. The second kappa shape index (κ2) is 4.15. The van der Waals surface area contributed by atoms with E-state index in [1.807, 2.05) is 59.6 Å². The van der Waals surface area contributed by atoms with Crippen LogP contribution in [-0.4, -0.2) is 0 Å². The Bertz CT molecular complexity index is 580. The van der Waals surface area contributed by atoms with E-state index in [1.54, 1.807) is 6.26 Å². The molecule has 0 atom stereocenters. The molecule has 3 rings (SSSR count). The molecule has 0 saturated carbocycles. The van der Waals surface area contributed by atoms with Gasteiger partial charge < -0.3 is 9.64 Å². The van der Waals surface area contributed by atoms with Crippen LogP contribution in [0.5, 0.6) is 5.75 Å². The van der Waals surface area contributed by atoms with Crippen molar-refractivity contribution < 1.29 is 4.74 Å². The molecule has 0 aliphatic carbocycles. The molecule has 0 unspecified atom stereocenters. The first-order valence-electron chi connectivity index (χ1n) is 5.32. The van der Waals surface area contributed by atoms with Crippen LogP contribution in [-0.2, 0) is 0 Å². The molecular weight excluding hydrogens is 234 g/mol. The molecule has 2 nitrogen and oxygen atoms in total. The largest absolute Gasteiger partial charge is 0.461 e. The van der Waals surface area contributed by atoms with Crippen LogP contribution in [0.2, 0.25) is 5.02 Å². The number of rotatable bonds is 1. The Balaban J connectivity index is 2.09. The lowest BCUT2D eigenvalue weighted by molar-refractivity contribution is 0.473. The molecule has 2 aromatic carbocycles. The highest BCUT2D eigenvalue weighted by Gasteiger charge is 2.15. The summed E-state index contributed by atoms with van der Waals surface area (Å²) in [6.45, 7) is 0. The Hall–Kier alpha value is -1.93. The molecule has 0 bridgehead atoms. The summed E-state index contributed by atoms with van der Waals surface area (Å²) < 4.78 is 5.45. The average Bonchev–Trinajstić information content (AvgIpc) is 2.38. The van der Waals surface area contributed by atoms with Gasteiger partial charge in [-0.25, -0.2) is 0 Å². The van der Waals surface area contributed by atoms with Gasteiger partial charge in [0.2, 0.25) is 0 Å². The van der Waals surface area contributed by atoms with Crippen molar-refractivity contribution in [2.45, 2.75) is 0 Å². The van der Waals surface area contributed by atoms with Crippen molar-refractivity contribution in [1.29, 1.82) is 0 Å². The van der Waals surface area contributed by atoms with Gasteiger partial charge in [0.25, 0.3) is 0 Å². The molecule has 3 heteroatoms. The molecule has 84 valence electrons. The average molecular weight is 244 g/mol. The zero-order valence-corrected chi connectivity index (χ0v) is 9.76. The predicted octanol–water partition coefficient (Wildman–Crippen LogP) is 4.34. The second-order valence-corrected chi connectivity index (χ2v) is 4.16. The Morgan fingerprint density at radius 1 is 1.00 bits per heavy atom. The van der Waals surface area contributed by atoms with E-state index in [0.29, 0.717) is 0 Å². The van der Waals surface area contributed by atoms with Gasteiger partial charge in [0.05, 0.1) is 5.69 Å². The molecule has 1 heterocycles. The quantitative estimate of drug-likeness (QED) is 0.739. The molecule has 1 aliphatic heterocycles. The van der Waals surface area contributed by atoms with Crippen LogP contribution in [0, 0.1) is 0 Å². The summed E-state index contributed by atoms with van der Waals surface area (Å²) in [5.74, 6) is 0.843. The Morgan fingerprint density at radius 2 is 1.88 bits per heavy atom. The van der Waals surface area contributed by atoms with Crippen LogP contribution in [0.25, 0.3) is 0 Å². The van der Waals surface area contributed by atoms with Crippen LogP contribution >= 0.6 is 11.6 Å². The van der Waals surface area contributed by atoms with Gasteiger partial charge in [-0.1, -0.05) is 29.8 Å². The number of nitrogens with zero attached hydrogens (tertiary/aromatic N) is 1. The minimum atomic E-state index is 0.722. The van der Waals surface area contributed by atoms with Gasteiger partial charge in [-0.3, -0.25) is 0 Å². The summed E-state index contributed by atoms with van der Waals surface area (Å²) in [4.78, 5) is 2.05. The first kappa shape index (κ1) is 10.2. The number of fused-ring (bicyclic) bond motifs is 1. The lowest BCUT2D eigenvalue weighted by Gasteiger charge is -2.25. The molecule has 2 aromatic rings. The molecule has 0 aromatic heterocycles. The van der Waals surface area contributed by atoms with Crippen LogP contribution < -0.4 is 9.64 Å². The summed E-state index contributed by atoms with van der Waals surface area (Å²) in [6, 6.07) is 15.6. The molecule has 0 saturated heterocycles. The highest BCUT2D eigenvalue weighted by Crippen LogP contribution is 2.37. The van der Waals surface area contributed by atoms with Gasteiger partial charge in [-0.2, -0.15) is 0 Å². The van der Waals surface area contributed by atoms with Gasteiger partial charge in [0.1, 0.15) is 6.26 Å². The fourth-order valence-electron chi connectivity index (χ4n) is 1.85. The normalized spacial score (nSPS) is 13.1. The van der Waals surface area contributed by atoms with E-state index in [9.17, 15) is 0 Å². The molecule has 0 spiro atoms. The maximum absolute atomic E-state index is 6.01. The fourth-order valence-corrected chi connectivity index (χ4v) is 2.04. The monoisotopic (exact) mass is 243 g/mol. The smallest absolute Gasteiger partial charge is 0.150 e. The summed E-state index contributed by atoms with van der Waals surface area (Å²) in [6.07, 6.45) is 3.55. The lowest BCUT2D eigenvalue weighted by Crippen LogP contribution is -2.13. The van der Waals surface area contributed by atoms with E-state index in [1.165, 1.54) is 0 Å². The van der Waals surface area contributed by atoms with Crippen LogP contribution in [0.3, 0.4) is 0 Å². The van der Waals surface area contributed by atoms with Crippen molar-refractivity contribution in [3.05, 3.63) is 66.0 Å². The van der Waals surface area contributed by atoms with E-state index in [-0.39, 0.29) is 0 Å². The van der Waals surface area contributed by atoms with Crippen molar-refractivity contribution in [2.24, 2.45) is 0 Å². The summed E-state index contributed by atoms with van der Waals surface area (Å²) in [5.41, 5.74) is 2.03. The van der Waals surface area contributed by atoms with Crippen molar-refractivity contribution in [3.63, 3.8) is 0 Å². The first-order chi connectivity index (χ1) is 8.34. The van der Waals surface area contributed by atoms with Gasteiger partial charge in [0, 0.05) is 16.9 Å². The number of ether oxygens (including phenoxy) is 1. The fraction of sp³-hybridized carbons (Fsp3) is 0. The van der Waals surface area contributed by atoms with Crippen LogP contribution in [0.15, 0.2) is 61.0 Å². The van der Waals surface area contributed by atoms with Gasteiger partial charge in [-0.15, -0.1) is 0 Å². The minimum Gasteiger partial charge on any atom is -0.461 e. The van der Waals surface area contributed by atoms with E-state index < -0.39 is 0 Å². The Morgan fingerprint density at radius 3 is 2.76 bits per heavy atom. The Kier molecular flexibility index (Phi) is 2.50. The molecule has 0 radical (unpaired) electrons. The standard InChI is InChI=1S/C14H10ClNO/c15-11-4-3-5-12(10-11)16-8-9-17-14-7-2-1-6-13(14)16/h1-10H. The SMILES string of the molecule is Clc1cccc(N2C=COc3ccccc32)c1. The zero-order valence-electron chi connectivity index (χ0n) is 9.01. The Labute approximate surface area is 105 Å². The summed E-state index contributed by atoms with van der Waals surface area (Å²) in [5, 5.41) is 0.722. The van der Waals surface area contributed by atoms with Crippen molar-refractivity contribution in [3.8, 4) is 5.75 Å². The lowest BCUT2D eigenvalue weighted by atomic mass is 10.2. The maximum Gasteiger partial charge on any atom is 0.150 e. The van der Waals surface area contributed by atoms with Gasteiger partial charge >= 0.3 is 0 Å². The highest BCUT2D eigenvalue weighted by molar-refractivity contribution is 6.30. The highest BCUT2D eigenvalue weighted by atomic mass is 35.5. The third-order valence-electron chi connectivity index (χ3n) is 2.62. The van der Waals surface area contributed by atoms with Crippen molar-refractivity contribution in [1.82, 2.24) is 0 Å². The molecule has 17 heavy (non-hydrogen) atoms. The number of para-hydroxylation sites is 2. The molecule has 0 N–H and O–H groups in total. The van der Waals surface area contributed by atoms with Gasteiger partial charge in [-0.05, 0) is 30.3 Å². The van der Waals surface area contributed by atoms with E-state index in [4.69, 9.17) is 16.3 Å². The third-order valence-corrected chi connectivity index (χ3v) is 2.85. The first-order valence-corrected chi connectivity index (χ1v) is 5.69. The third kappa shape index (κ3) is 1.87. The van der Waals surface area contributed by atoms with Crippen LogP contribution in [0.1, 0.15) is 0 Å². The molecule has 0 amide bonds. The number of anilines is 2. The van der Waals surface area contributed by atoms with Crippen LogP contribution in [0.4, 0.5) is 11.4 Å². The molecule has 1 aliphatic rings. The second-order valence-electron chi connectivity index (χ2n) is 3.72. The summed E-state index contributed by atoms with van der Waals surface area (Å²) >= 11 is 6.01. The molecule has 0 fully saturated rings. The van der Waals surface area contributed by atoms with E-state index >= 15 is 0 Å². The number of hydrogen-bond donors (Lipinski definition) is 0. The van der Waals surface area contributed by atoms with Crippen molar-refractivity contribution in [2.75, 3.05) is 4.90 Å². The van der Waals surface area contributed by atoms with E-state index in [2.05, 4.69) is 0 Å². The number of hydrogen-bond acceptors (Lipinski definition) is 2. The predicted molar refractivity (Wildman–Crippen MR) is 69.8 cm³/mol.